The van der Waals surface area contributed by atoms with Crippen molar-refractivity contribution in [2.75, 3.05) is 0 Å². The Balaban J connectivity index is 3.82. The molecule has 94 valence electrons. The molecule has 0 aliphatic rings. The van der Waals surface area contributed by atoms with Crippen molar-refractivity contribution in [1.29, 1.82) is 0 Å². The molecule has 0 fully saturated rings. The van der Waals surface area contributed by atoms with Gasteiger partial charge in [-0.15, -0.1) is 0 Å². The van der Waals surface area contributed by atoms with Crippen LogP contribution in [0.4, 0.5) is 0 Å². The summed E-state index contributed by atoms with van der Waals surface area (Å²) in [6.45, 7) is 10.4. The molecule has 0 aliphatic heterocycles. The van der Waals surface area contributed by atoms with Crippen LogP contribution < -0.4 is 0 Å². The summed E-state index contributed by atoms with van der Waals surface area (Å²) in [6.07, 6.45) is 9.29. The van der Waals surface area contributed by atoms with Crippen LogP contribution >= 0.6 is 0 Å². The lowest BCUT2D eigenvalue weighted by molar-refractivity contribution is 0.0410. The summed E-state index contributed by atoms with van der Waals surface area (Å²) >= 11 is 0. The molecular formula is C15H28O. The van der Waals surface area contributed by atoms with Gasteiger partial charge in [-0.3, -0.25) is 0 Å². The van der Waals surface area contributed by atoms with Crippen molar-refractivity contribution in [3.05, 3.63) is 23.3 Å². The van der Waals surface area contributed by atoms with E-state index in [1.165, 1.54) is 11.1 Å². The van der Waals surface area contributed by atoms with Crippen LogP contribution in [0, 0.1) is 0 Å². The highest BCUT2D eigenvalue weighted by atomic mass is 16.3. The summed E-state index contributed by atoms with van der Waals surface area (Å²) < 4.78 is 0. The molecule has 0 rings (SSSR count). The molecule has 1 unspecified atom stereocenters. The molecule has 0 saturated heterocycles. The first kappa shape index (κ1) is 15.4. The molecule has 1 nitrogen and oxygen atoms in total. The van der Waals surface area contributed by atoms with Crippen molar-refractivity contribution in [1.82, 2.24) is 0 Å². The average molecular weight is 224 g/mol. The van der Waals surface area contributed by atoms with Gasteiger partial charge in [0.2, 0.25) is 0 Å². The molecule has 0 bridgehead atoms. The lowest BCUT2D eigenvalue weighted by Crippen LogP contribution is -2.23. The first-order valence-electron chi connectivity index (χ1n) is 6.35. The molecule has 0 saturated carbocycles. The maximum Gasteiger partial charge on any atom is 0.0622 e. The van der Waals surface area contributed by atoms with Gasteiger partial charge in [0.25, 0.3) is 0 Å². The molecule has 0 radical (unpaired) electrons. The molecule has 0 aromatic heterocycles. The standard InChI is InChI=1S/C15H28O/c1-6-14(4)10-8-12-15(5,16)11-7-9-13(2)3/h6,9,16H,7-8,10-12H2,1-5H3. The molecule has 0 spiro atoms. The summed E-state index contributed by atoms with van der Waals surface area (Å²) in [5, 5.41) is 10.2. The van der Waals surface area contributed by atoms with Crippen molar-refractivity contribution in [2.45, 2.75) is 72.3 Å². The summed E-state index contributed by atoms with van der Waals surface area (Å²) in [6, 6.07) is 0. The SMILES string of the molecule is CC=C(C)CCCC(C)(O)CCC=C(C)C. The highest BCUT2D eigenvalue weighted by molar-refractivity contribution is 4.96. The van der Waals surface area contributed by atoms with Gasteiger partial charge in [0.15, 0.2) is 0 Å². The minimum Gasteiger partial charge on any atom is -0.390 e. The Morgan fingerprint density at radius 3 is 2.31 bits per heavy atom. The Hall–Kier alpha value is -0.560. The molecule has 0 aromatic rings. The van der Waals surface area contributed by atoms with E-state index in [-0.39, 0.29) is 0 Å². The number of hydrogen-bond donors (Lipinski definition) is 1. The van der Waals surface area contributed by atoms with Crippen LogP contribution in [0.5, 0.6) is 0 Å². The average Bonchev–Trinajstić information content (AvgIpc) is 2.16. The maximum atomic E-state index is 10.2. The summed E-state index contributed by atoms with van der Waals surface area (Å²) in [5.74, 6) is 0. The Morgan fingerprint density at radius 2 is 1.81 bits per heavy atom. The van der Waals surface area contributed by atoms with Gasteiger partial charge in [-0.2, -0.15) is 0 Å². The molecule has 1 N–H and O–H groups in total. The second kappa shape index (κ2) is 7.67. The third-order valence-corrected chi connectivity index (χ3v) is 3.01. The third-order valence-electron chi connectivity index (χ3n) is 3.01. The largest absolute Gasteiger partial charge is 0.390 e. The zero-order chi connectivity index (χ0) is 12.6. The van der Waals surface area contributed by atoms with E-state index in [2.05, 4.69) is 39.8 Å². The predicted molar refractivity (Wildman–Crippen MR) is 72.6 cm³/mol. The third kappa shape index (κ3) is 8.72. The lowest BCUT2D eigenvalue weighted by atomic mass is 9.92. The molecule has 0 heterocycles. The van der Waals surface area contributed by atoms with Crippen molar-refractivity contribution in [3.63, 3.8) is 0 Å². The fourth-order valence-corrected chi connectivity index (χ4v) is 1.69. The first-order valence-corrected chi connectivity index (χ1v) is 6.35. The quantitative estimate of drug-likeness (QED) is 0.626. The highest BCUT2D eigenvalue weighted by Crippen LogP contribution is 2.21. The van der Waals surface area contributed by atoms with Crippen molar-refractivity contribution >= 4 is 0 Å². The van der Waals surface area contributed by atoms with Gasteiger partial charge in [-0.1, -0.05) is 23.3 Å². The number of rotatable bonds is 7. The van der Waals surface area contributed by atoms with Crippen LogP contribution in [0.2, 0.25) is 0 Å². The van der Waals surface area contributed by atoms with E-state index >= 15 is 0 Å². The van der Waals surface area contributed by atoms with Gasteiger partial charge in [0.1, 0.15) is 0 Å². The van der Waals surface area contributed by atoms with Gasteiger partial charge in [-0.25, -0.2) is 0 Å². The van der Waals surface area contributed by atoms with E-state index in [1.54, 1.807) is 0 Å². The monoisotopic (exact) mass is 224 g/mol. The minimum atomic E-state index is -0.500. The van der Waals surface area contributed by atoms with E-state index in [0.717, 1.165) is 32.1 Å². The fraction of sp³-hybridized carbons (Fsp3) is 0.733. The molecule has 1 heteroatoms. The van der Waals surface area contributed by atoms with E-state index in [4.69, 9.17) is 0 Å². The highest BCUT2D eigenvalue weighted by Gasteiger charge is 2.18. The summed E-state index contributed by atoms with van der Waals surface area (Å²) in [7, 11) is 0. The topological polar surface area (TPSA) is 20.2 Å². The molecular weight excluding hydrogens is 196 g/mol. The van der Waals surface area contributed by atoms with Gasteiger partial charge in [0, 0.05) is 0 Å². The normalized spacial score (nSPS) is 15.8. The van der Waals surface area contributed by atoms with Crippen LogP contribution in [-0.2, 0) is 0 Å². The molecule has 0 aliphatic carbocycles. The summed E-state index contributed by atoms with van der Waals surface area (Å²) in [4.78, 5) is 0. The molecule has 16 heavy (non-hydrogen) atoms. The molecule has 1 atom stereocenters. The smallest absolute Gasteiger partial charge is 0.0622 e. The van der Waals surface area contributed by atoms with Gasteiger partial charge < -0.3 is 5.11 Å². The fourth-order valence-electron chi connectivity index (χ4n) is 1.69. The lowest BCUT2D eigenvalue weighted by Gasteiger charge is -2.22. The Kier molecular flexibility index (Phi) is 7.40. The minimum absolute atomic E-state index is 0.500. The number of allylic oxidation sites excluding steroid dienone is 4. The second-order valence-corrected chi connectivity index (χ2v) is 5.31. The summed E-state index contributed by atoms with van der Waals surface area (Å²) in [5.41, 5.74) is 2.25. The van der Waals surface area contributed by atoms with Crippen LogP contribution in [-0.4, -0.2) is 10.7 Å². The predicted octanol–water partition coefficient (Wildman–Crippen LogP) is 4.62. The van der Waals surface area contributed by atoms with Crippen LogP contribution in [0.3, 0.4) is 0 Å². The van der Waals surface area contributed by atoms with Gasteiger partial charge in [0.05, 0.1) is 5.60 Å². The molecule has 0 aromatic carbocycles. The number of aliphatic hydroxyl groups is 1. The zero-order valence-corrected chi connectivity index (χ0v) is 11.6. The van der Waals surface area contributed by atoms with E-state index in [1.807, 2.05) is 6.92 Å². The van der Waals surface area contributed by atoms with E-state index in [9.17, 15) is 5.11 Å². The van der Waals surface area contributed by atoms with Gasteiger partial charge in [-0.05, 0) is 66.7 Å². The van der Waals surface area contributed by atoms with Crippen molar-refractivity contribution in [2.24, 2.45) is 0 Å². The molecule has 0 amide bonds. The maximum absolute atomic E-state index is 10.2. The first-order chi connectivity index (χ1) is 7.37. The number of hydrogen-bond acceptors (Lipinski definition) is 1. The van der Waals surface area contributed by atoms with Crippen LogP contribution in [0.15, 0.2) is 23.3 Å². The van der Waals surface area contributed by atoms with Crippen molar-refractivity contribution in [3.8, 4) is 0 Å². The van der Waals surface area contributed by atoms with Crippen LogP contribution in [0.25, 0.3) is 0 Å². The Labute approximate surface area is 101 Å². The van der Waals surface area contributed by atoms with E-state index in [0.29, 0.717) is 0 Å². The van der Waals surface area contributed by atoms with Crippen LogP contribution in [0.1, 0.15) is 66.7 Å². The Morgan fingerprint density at radius 1 is 1.19 bits per heavy atom. The van der Waals surface area contributed by atoms with Crippen molar-refractivity contribution < 1.29 is 5.11 Å². The second-order valence-electron chi connectivity index (χ2n) is 5.31. The van der Waals surface area contributed by atoms with Gasteiger partial charge >= 0.3 is 0 Å². The Bertz CT molecular complexity index is 242. The van der Waals surface area contributed by atoms with E-state index < -0.39 is 5.60 Å². The zero-order valence-electron chi connectivity index (χ0n) is 11.6.